The third kappa shape index (κ3) is 4.13. The van der Waals surface area contributed by atoms with Crippen molar-refractivity contribution in [3.63, 3.8) is 0 Å². The molecular weight excluding hydrogens is 398 g/mol. The maximum atomic E-state index is 12.9. The molecule has 0 saturated carbocycles. The van der Waals surface area contributed by atoms with Crippen LogP contribution in [0.2, 0.25) is 0 Å². The van der Waals surface area contributed by atoms with Crippen molar-refractivity contribution in [2.75, 3.05) is 32.6 Å². The van der Waals surface area contributed by atoms with Gasteiger partial charge in [-0.25, -0.2) is 14.6 Å². The van der Waals surface area contributed by atoms with E-state index in [-0.39, 0.29) is 11.7 Å². The van der Waals surface area contributed by atoms with E-state index in [1.807, 2.05) is 11.5 Å². The molecule has 4 rings (SSSR count). The highest BCUT2D eigenvalue weighted by atomic mass is 16.6. The summed E-state index contributed by atoms with van der Waals surface area (Å²) in [5.74, 6) is 1.45. The zero-order valence-electron chi connectivity index (χ0n) is 18.2. The maximum Gasteiger partial charge on any atom is 0.418 e. The number of carbonyl (C=O) groups is 1. The van der Waals surface area contributed by atoms with E-state index in [0.29, 0.717) is 17.3 Å². The Labute approximate surface area is 180 Å². The fourth-order valence-corrected chi connectivity index (χ4v) is 4.02. The van der Waals surface area contributed by atoms with E-state index in [4.69, 9.17) is 9.47 Å². The van der Waals surface area contributed by atoms with E-state index in [1.54, 1.807) is 49.2 Å². The highest BCUT2D eigenvalue weighted by Crippen LogP contribution is 2.27. The van der Waals surface area contributed by atoms with E-state index >= 15 is 0 Å². The number of imidazole rings is 1. The number of aryl methyl sites for hydroxylation is 2. The van der Waals surface area contributed by atoms with Crippen LogP contribution in [0.5, 0.6) is 11.5 Å². The summed E-state index contributed by atoms with van der Waals surface area (Å²) in [5.41, 5.74) is 2.19. The van der Waals surface area contributed by atoms with Gasteiger partial charge in [0, 0.05) is 19.2 Å². The first-order valence-electron chi connectivity index (χ1n) is 10.3. The minimum absolute atomic E-state index is 0.0695. The van der Waals surface area contributed by atoms with Gasteiger partial charge in [0.2, 0.25) is 0 Å². The monoisotopic (exact) mass is 425 g/mol. The van der Waals surface area contributed by atoms with Crippen LogP contribution in [0, 0.1) is 6.92 Å². The first kappa shape index (κ1) is 20.9. The summed E-state index contributed by atoms with van der Waals surface area (Å²) in [4.78, 5) is 31.9. The molecule has 0 aliphatic carbocycles. The van der Waals surface area contributed by atoms with Crippen molar-refractivity contribution in [1.29, 1.82) is 0 Å². The number of amides is 1. The van der Waals surface area contributed by atoms with E-state index in [2.05, 4.69) is 22.2 Å². The number of anilines is 1. The van der Waals surface area contributed by atoms with Gasteiger partial charge in [0.25, 0.3) is 0 Å². The Bertz CT molecular complexity index is 1170. The number of likely N-dealkylation sites (tertiary alicyclic amines) is 1. The Balaban J connectivity index is 1.58. The summed E-state index contributed by atoms with van der Waals surface area (Å²) >= 11 is 0. The Kier molecular flexibility index (Phi) is 5.69. The minimum atomic E-state index is -0.649. The third-order valence-electron chi connectivity index (χ3n) is 5.84. The Morgan fingerprint density at radius 3 is 2.58 bits per heavy atom. The minimum Gasteiger partial charge on any atom is -0.497 e. The number of nitrogens with one attached hydrogen (secondary N) is 1. The lowest BCUT2D eigenvalue weighted by Gasteiger charge is -2.29. The lowest BCUT2D eigenvalue weighted by atomic mass is 10.1. The number of nitrogens with zero attached hydrogens (tertiary/aromatic N) is 4. The van der Waals surface area contributed by atoms with Gasteiger partial charge in [0.1, 0.15) is 17.3 Å². The lowest BCUT2D eigenvalue weighted by Crippen LogP contribution is -2.35. The van der Waals surface area contributed by atoms with Gasteiger partial charge >= 0.3 is 11.8 Å². The quantitative estimate of drug-likeness (QED) is 0.691. The number of methoxy groups -OCH3 is 1. The first-order valence-corrected chi connectivity index (χ1v) is 10.3. The van der Waals surface area contributed by atoms with Crippen LogP contribution in [0.25, 0.3) is 11.0 Å². The first-order chi connectivity index (χ1) is 14.9. The highest BCUT2D eigenvalue weighted by molar-refractivity contribution is 5.88. The topological polar surface area (TPSA) is 90.6 Å². The van der Waals surface area contributed by atoms with Crippen LogP contribution < -0.4 is 20.5 Å². The molecule has 1 N–H and O–H groups in total. The summed E-state index contributed by atoms with van der Waals surface area (Å²) in [7, 11) is 5.41. The van der Waals surface area contributed by atoms with Gasteiger partial charge in [0.05, 0.1) is 24.3 Å². The highest BCUT2D eigenvalue weighted by Gasteiger charge is 2.24. The van der Waals surface area contributed by atoms with Crippen molar-refractivity contribution in [1.82, 2.24) is 19.0 Å². The summed E-state index contributed by atoms with van der Waals surface area (Å²) < 4.78 is 14.0. The van der Waals surface area contributed by atoms with Crippen LogP contribution in [-0.4, -0.2) is 52.4 Å². The van der Waals surface area contributed by atoms with E-state index in [0.717, 1.165) is 42.5 Å². The zero-order chi connectivity index (χ0) is 22.1. The molecule has 9 nitrogen and oxygen atoms in total. The molecule has 31 heavy (non-hydrogen) atoms. The van der Waals surface area contributed by atoms with Crippen LogP contribution in [-0.2, 0) is 7.05 Å². The molecule has 0 radical (unpaired) electrons. The number of benzene rings is 1. The Morgan fingerprint density at radius 1 is 1.16 bits per heavy atom. The van der Waals surface area contributed by atoms with Crippen molar-refractivity contribution in [2.24, 2.45) is 7.05 Å². The molecule has 9 heteroatoms. The SMILES string of the molecule is COc1ccc(OC(=O)Nc2cc3c(cn2)n(C)c(=O)n3C2CCN(C)CC2)c(C)c1. The second-order valence-electron chi connectivity index (χ2n) is 7.95. The predicted octanol–water partition coefficient (Wildman–Crippen LogP) is 2.93. The molecule has 164 valence electrons. The Morgan fingerprint density at radius 2 is 1.90 bits per heavy atom. The second-order valence-corrected chi connectivity index (χ2v) is 7.95. The van der Waals surface area contributed by atoms with Crippen molar-refractivity contribution < 1.29 is 14.3 Å². The van der Waals surface area contributed by atoms with Gasteiger partial charge in [-0.15, -0.1) is 0 Å². The van der Waals surface area contributed by atoms with Crippen molar-refractivity contribution in [2.45, 2.75) is 25.8 Å². The van der Waals surface area contributed by atoms with Crippen molar-refractivity contribution >= 4 is 22.9 Å². The van der Waals surface area contributed by atoms with Gasteiger partial charge in [0.15, 0.2) is 0 Å². The number of aromatic nitrogens is 3. The molecule has 1 amide bonds. The summed E-state index contributed by atoms with van der Waals surface area (Å²) in [6, 6.07) is 7.05. The number of carbonyl (C=O) groups excluding carboxylic acids is 1. The number of piperidine rings is 1. The summed E-state index contributed by atoms with van der Waals surface area (Å²) in [5, 5.41) is 2.67. The predicted molar refractivity (Wildman–Crippen MR) is 118 cm³/mol. The summed E-state index contributed by atoms with van der Waals surface area (Å²) in [6.07, 6.45) is 2.76. The van der Waals surface area contributed by atoms with Crippen LogP contribution in [0.3, 0.4) is 0 Å². The average molecular weight is 425 g/mol. The second kappa shape index (κ2) is 8.43. The molecule has 0 bridgehead atoms. The molecule has 0 spiro atoms. The molecule has 0 atom stereocenters. The van der Waals surface area contributed by atoms with Gasteiger partial charge in [-0.2, -0.15) is 0 Å². The Hall–Kier alpha value is -3.33. The normalized spacial score (nSPS) is 15.2. The van der Waals surface area contributed by atoms with Gasteiger partial charge < -0.3 is 14.4 Å². The standard InChI is InChI=1S/C22H27N5O4/c1-14-11-16(30-4)5-6-19(14)31-21(28)24-20-12-17-18(13-23-20)26(3)22(29)27(17)15-7-9-25(2)10-8-15/h5-6,11-13,15H,7-10H2,1-4H3,(H,23,24,28). The molecule has 0 unspecified atom stereocenters. The van der Waals surface area contributed by atoms with Crippen LogP contribution >= 0.6 is 0 Å². The van der Waals surface area contributed by atoms with Gasteiger partial charge in [-0.3, -0.25) is 14.5 Å². The van der Waals surface area contributed by atoms with Gasteiger partial charge in [-0.1, -0.05) is 0 Å². The fraction of sp³-hybridized carbons (Fsp3) is 0.409. The van der Waals surface area contributed by atoms with Crippen LogP contribution in [0.1, 0.15) is 24.4 Å². The third-order valence-corrected chi connectivity index (χ3v) is 5.84. The smallest absolute Gasteiger partial charge is 0.418 e. The van der Waals surface area contributed by atoms with Crippen molar-refractivity contribution in [3.05, 3.63) is 46.5 Å². The average Bonchev–Trinajstić information content (AvgIpc) is 3.00. The maximum absolute atomic E-state index is 12.9. The molecule has 2 aromatic heterocycles. The molecule has 1 saturated heterocycles. The van der Waals surface area contributed by atoms with Crippen molar-refractivity contribution in [3.8, 4) is 11.5 Å². The molecule has 1 aromatic carbocycles. The van der Waals surface area contributed by atoms with Gasteiger partial charge in [-0.05, 0) is 63.7 Å². The number of ether oxygens (including phenoxy) is 2. The molecule has 3 heterocycles. The molecule has 1 fully saturated rings. The number of fused-ring (bicyclic) bond motifs is 1. The van der Waals surface area contributed by atoms with E-state index in [1.165, 1.54) is 0 Å². The van der Waals surface area contributed by atoms with E-state index < -0.39 is 6.09 Å². The number of pyridine rings is 1. The molecule has 3 aromatic rings. The zero-order valence-corrected chi connectivity index (χ0v) is 18.2. The lowest BCUT2D eigenvalue weighted by molar-refractivity contribution is 0.214. The molecular formula is C22H27N5O4. The number of hydrogen-bond acceptors (Lipinski definition) is 6. The number of rotatable bonds is 4. The van der Waals surface area contributed by atoms with E-state index in [9.17, 15) is 9.59 Å². The molecule has 1 aliphatic rings. The largest absolute Gasteiger partial charge is 0.497 e. The van der Waals surface area contributed by atoms with Crippen LogP contribution in [0.15, 0.2) is 35.3 Å². The summed E-state index contributed by atoms with van der Waals surface area (Å²) in [6.45, 7) is 3.72. The number of hydrogen-bond donors (Lipinski definition) is 1. The fourth-order valence-electron chi connectivity index (χ4n) is 4.02. The molecule has 1 aliphatic heterocycles. The van der Waals surface area contributed by atoms with Crippen LogP contribution in [0.4, 0.5) is 10.6 Å².